The minimum atomic E-state index is -0.449. The molecule has 27 heavy (non-hydrogen) atoms. The molecule has 2 aromatic rings. The summed E-state index contributed by atoms with van der Waals surface area (Å²) in [6.07, 6.45) is 0. The Morgan fingerprint density at radius 1 is 1.04 bits per heavy atom. The fraction of sp³-hybridized carbons (Fsp3) is 0.0909. The topological polar surface area (TPSA) is 76.7 Å². The van der Waals surface area contributed by atoms with E-state index in [1.54, 1.807) is 30.3 Å². The number of aryl methyl sites for hydroxylation is 1. The van der Waals surface area contributed by atoms with Crippen LogP contribution in [0.1, 0.15) is 15.9 Å². The van der Waals surface area contributed by atoms with Crippen LogP contribution in [0.25, 0.3) is 33.4 Å². The minimum absolute atomic E-state index is 0.0489. The van der Waals surface area contributed by atoms with Crippen LogP contribution in [-0.4, -0.2) is 18.2 Å². The first-order valence-corrected chi connectivity index (χ1v) is 8.37. The van der Waals surface area contributed by atoms with Crippen molar-refractivity contribution in [2.24, 2.45) is 0 Å². The van der Waals surface area contributed by atoms with Gasteiger partial charge in [-0.05, 0) is 42.8 Å². The van der Waals surface area contributed by atoms with E-state index in [4.69, 9.17) is 9.15 Å². The smallest absolute Gasteiger partial charge is 0.338 e. The fourth-order valence-electron chi connectivity index (χ4n) is 3.41. The van der Waals surface area contributed by atoms with Crippen molar-refractivity contribution in [3.8, 4) is 28.2 Å². The molecule has 1 N–H and O–H groups in total. The van der Waals surface area contributed by atoms with Gasteiger partial charge < -0.3 is 14.3 Å². The van der Waals surface area contributed by atoms with Gasteiger partial charge in [0.1, 0.15) is 17.1 Å². The molecule has 0 saturated carbocycles. The van der Waals surface area contributed by atoms with E-state index in [2.05, 4.69) is 0 Å². The van der Waals surface area contributed by atoms with Crippen LogP contribution in [0, 0.1) is 6.92 Å². The van der Waals surface area contributed by atoms with Crippen molar-refractivity contribution in [1.29, 1.82) is 0 Å². The number of rotatable bonds is 2. The monoisotopic (exact) mass is 360 g/mol. The Labute approximate surface area is 154 Å². The molecule has 0 amide bonds. The second kappa shape index (κ2) is 6.29. The lowest BCUT2D eigenvalue weighted by Crippen LogP contribution is -2.06. The highest BCUT2D eigenvalue weighted by Gasteiger charge is 2.23. The number of hydrogen-bond acceptors (Lipinski definition) is 5. The van der Waals surface area contributed by atoms with Crippen LogP contribution in [0.15, 0.2) is 63.8 Å². The highest BCUT2D eigenvalue weighted by atomic mass is 16.5. The third-order valence-corrected chi connectivity index (χ3v) is 4.60. The van der Waals surface area contributed by atoms with Gasteiger partial charge in [0.25, 0.3) is 0 Å². The molecule has 0 fully saturated rings. The van der Waals surface area contributed by atoms with E-state index in [1.165, 1.54) is 25.3 Å². The Morgan fingerprint density at radius 3 is 2.63 bits per heavy atom. The number of fused-ring (bicyclic) bond motifs is 2. The molecule has 2 aliphatic rings. The molecule has 1 heterocycles. The molecular weight excluding hydrogens is 344 g/mol. The molecule has 1 aliphatic carbocycles. The molecule has 0 saturated heterocycles. The minimum Gasteiger partial charge on any atom is -0.508 e. The lowest BCUT2D eigenvalue weighted by atomic mass is 9.88. The molecular formula is C22H16O5. The summed E-state index contributed by atoms with van der Waals surface area (Å²) < 4.78 is 10.8. The summed E-state index contributed by atoms with van der Waals surface area (Å²) >= 11 is 0. The van der Waals surface area contributed by atoms with Crippen LogP contribution in [0.2, 0.25) is 0 Å². The summed E-state index contributed by atoms with van der Waals surface area (Å²) in [7, 11) is 1.34. The highest BCUT2D eigenvalue weighted by molar-refractivity contribution is 6.08. The lowest BCUT2D eigenvalue weighted by Gasteiger charge is -2.18. The first kappa shape index (κ1) is 16.8. The highest BCUT2D eigenvalue weighted by Crippen LogP contribution is 2.43. The number of phenolic OH excluding ortho intramolecular Hbond substituents is 1. The fourth-order valence-corrected chi connectivity index (χ4v) is 3.41. The van der Waals surface area contributed by atoms with Gasteiger partial charge in [0.05, 0.1) is 12.7 Å². The van der Waals surface area contributed by atoms with Crippen LogP contribution in [0.3, 0.4) is 0 Å². The average Bonchev–Trinajstić information content (AvgIpc) is 2.65. The standard InChI is InChI=1S/C22H16O5/c1-12-4-3-5-17(22(25)26-2)20(12)21-15-8-6-13(23)10-18(15)27-19-11-14(24)7-9-16(19)21/h3-11,23H,1-2H3. The SMILES string of the molecule is COC(=O)c1cccc(C)c1-c1c2ccc(=O)cc-2oc2cc(O)ccc12. The zero-order valence-electron chi connectivity index (χ0n) is 14.8. The Morgan fingerprint density at radius 2 is 1.85 bits per heavy atom. The van der Waals surface area contributed by atoms with Gasteiger partial charge in [0, 0.05) is 34.2 Å². The Kier molecular flexibility index (Phi) is 3.92. The van der Waals surface area contributed by atoms with Gasteiger partial charge >= 0.3 is 5.97 Å². The normalized spacial score (nSPS) is 11.0. The number of carbonyl (C=O) groups is 1. The Balaban J connectivity index is 2.22. The van der Waals surface area contributed by atoms with Gasteiger partial charge in [-0.1, -0.05) is 12.1 Å². The van der Waals surface area contributed by atoms with Crippen molar-refractivity contribution in [2.75, 3.05) is 7.11 Å². The van der Waals surface area contributed by atoms with Crippen molar-refractivity contribution in [3.63, 3.8) is 0 Å². The Hall–Kier alpha value is -3.60. The molecule has 0 aromatic heterocycles. The third kappa shape index (κ3) is 2.73. The summed E-state index contributed by atoms with van der Waals surface area (Å²) in [5.74, 6) is -0.0162. The maximum Gasteiger partial charge on any atom is 0.338 e. The second-order valence-electron chi connectivity index (χ2n) is 6.30. The number of hydrogen-bond donors (Lipinski definition) is 1. The van der Waals surface area contributed by atoms with Crippen LogP contribution in [-0.2, 0) is 4.74 Å². The number of esters is 1. The van der Waals surface area contributed by atoms with Gasteiger partial charge in [-0.2, -0.15) is 0 Å². The van der Waals surface area contributed by atoms with E-state index in [-0.39, 0.29) is 11.2 Å². The molecule has 0 radical (unpaired) electrons. The van der Waals surface area contributed by atoms with E-state index >= 15 is 0 Å². The predicted octanol–water partition coefficient (Wildman–Crippen LogP) is 4.37. The van der Waals surface area contributed by atoms with Gasteiger partial charge in [-0.15, -0.1) is 0 Å². The molecule has 5 nitrogen and oxygen atoms in total. The first-order valence-electron chi connectivity index (χ1n) is 8.37. The Bertz CT molecular complexity index is 1220. The molecule has 0 bridgehead atoms. The van der Waals surface area contributed by atoms with Crippen molar-refractivity contribution in [3.05, 3.63) is 75.9 Å². The van der Waals surface area contributed by atoms with Crippen molar-refractivity contribution in [1.82, 2.24) is 0 Å². The number of benzene rings is 3. The zero-order valence-corrected chi connectivity index (χ0v) is 14.8. The third-order valence-electron chi connectivity index (χ3n) is 4.60. The van der Waals surface area contributed by atoms with E-state index in [0.717, 1.165) is 16.5 Å². The molecule has 5 heteroatoms. The summed E-state index contributed by atoms with van der Waals surface area (Å²) in [6.45, 7) is 1.91. The van der Waals surface area contributed by atoms with Crippen LogP contribution in [0.4, 0.5) is 0 Å². The summed E-state index contributed by atoms with van der Waals surface area (Å²) in [6, 6.07) is 14.8. The summed E-state index contributed by atoms with van der Waals surface area (Å²) in [4.78, 5) is 24.2. The van der Waals surface area contributed by atoms with Crippen molar-refractivity contribution < 1.29 is 19.1 Å². The number of methoxy groups -OCH3 is 1. The van der Waals surface area contributed by atoms with E-state index < -0.39 is 5.97 Å². The molecule has 4 rings (SSSR count). The zero-order chi connectivity index (χ0) is 19.1. The largest absolute Gasteiger partial charge is 0.508 e. The number of carbonyl (C=O) groups excluding carboxylic acids is 1. The maximum atomic E-state index is 12.4. The first-order chi connectivity index (χ1) is 13.0. The summed E-state index contributed by atoms with van der Waals surface area (Å²) in [5.41, 5.74) is 3.70. The van der Waals surface area contributed by atoms with Crippen LogP contribution >= 0.6 is 0 Å². The number of ether oxygens (including phenoxy) is 1. The van der Waals surface area contributed by atoms with E-state index in [9.17, 15) is 14.7 Å². The van der Waals surface area contributed by atoms with Crippen LogP contribution in [0.5, 0.6) is 5.75 Å². The second-order valence-corrected chi connectivity index (χ2v) is 6.30. The number of phenols is 1. The van der Waals surface area contributed by atoms with Crippen molar-refractivity contribution >= 4 is 16.9 Å². The molecule has 1 aliphatic heterocycles. The molecule has 0 atom stereocenters. The van der Waals surface area contributed by atoms with Gasteiger partial charge in [-0.25, -0.2) is 4.79 Å². The molecule has 0 unspecified atom stereocenters. The van der Waals surface area contributed by atoms with Gasteiger partial charge in [0.15, 0.2) is 5.43 Å². The number of aromatic hydroxyl groups is 1. The molecule has 0 spiro atoms. The van der Waals surface area contributed by atoms with Crippen molar-refractivity contribution in [2.45, 2.75) is 6.92 Å². The predicted molar refractivity (Wildman–Crippen MR) is 102 cm³/mol. The quantitative estimate of drug-likeness (QED) is 0.424. The van der Waals surface area contributed by atoms with E-state index in [1.807, 2.05) is 13.0 Å². The van der Waals surface area contributed by atoms with Gasteiger partial charge in [0.2, 0.25) is 0 Å². The van der Waals surface area contributed by atoms with Gasteiger partial charge in [-0.3, -0.25) is 4.79 Å². The van der Waals surface area contributed by atoms with E-state index in [0.29, 0.717) is 28.0 Å². The van der Waals surface area contributed by atoms with Crippen LogP contribution < -0.4 is 5.43 Å². The maximum absolute atomic E-state index is 12.4. The lowest BCUT2D eigenvalue weighted by molar-refractivity contribution is 0.0601. The average molecular weight is 360 g/mol. The molecule has 134 valence electrons. The summed E-state index contributed by atoms with van der Waals surface area (Å²) in [5, 5.41) is 10.6. The molecule has 2 aromatic carbocycles.